The Morgan fingerprint density at radius 1 is 0.700 bits per heavy atom. The zero-order valence-corrected chi connectivity index (χ0v) is 24.9. The molecule has 4 saturated heterocycles. The van der Waals surface area contributed by atoms with E-state index < -0.39 is 23.4 Å². The SMILES string of the molecule is CCN(CC)C(=O)N1C2CCC1(OC(=O)/C=C\C(=O)OC13CCC(CN(C)C1)N3C(=O)N(CC)CC)CN(C)C2. The van der Waals surface area contributed by atoms with Crippen LogP contribution in [0.1, 0.15) is 53.4 Å². The first kappa shape index (κ1) is 30.1. The van der Waals surface area contributed by atoms with Gasteiger partial charge in [-0.15, -0.1) is 0 Å². The smallest absolute Gasteiger partial charge is 0.333 e. The van der Waals surface area contributed by atoms with Gasteiger partial charge in [-0.05, 0) is 54.6 Å². The number of ether oxygens (including phenoxy) is 2. The normalized spacial score (nSPS) is 30.1. The summed E-state index contributed by atoms with van der Waals surface area (Å²) in [6, 6.07) is -0.349. The number of amides is 4. The van der Waals surface area contributed by atoms with Crippen LogP contribution < -0.4 is 0 Å². The number of hydrogen-bond donors (Lipinski definition) is 0. The molecule has 0 aromatic rings. The van der Waals surface area contributed by atoms with Crippen molar-refractivity contribution in [1.82, 2.24) is 29.4 Å². The van der Waals surface area contributed by atoms with Gasteiger partial charge in [0, 0.05) is 64.3 Å². The number of esters is 2. The number of hydrogen-bond acceptors (Lipinski definition) is 8. The van der Waals surface area contributed by atoms with Gasteiger partial charge in [-0.3, -0.25) is 19.6 Å². The number of likely N-dealkylation sites (N-methyl/N-ethyl adjacent to an activating group) is 2. The van der Waals surface area contributed by atoms with Crippen molar-refractivity contribution in [1.29, 1.82) is 0 Å². The summed E-state index contributed by atoms with van der Waals surface area (Å²) >= 11 is 0. The van der Waals surface area contributed by atoms with E-state index in [1.165, 1.54) is 0 Å². The third-order valence-electron chi connectivity index (χ3n) is 8.84. The summed E-state index contributed by atoms with van der Waals surface area (Å²) < 4.78 is 11.9. The van der Waals surface area contributed by atoms with E-state index in [-0.39, 0.29) is 24.1 Å². The van der Waals surface area contributed by atoms with Crippen molar-refractivity contribution in [2.45, 2.75) is 76.9 Å². The predicted octanol–water partition coefficient (Wildman–Crippen LogP) is 1.76. The molecule has 4 unspecified atom stereocenters. The number of piperazine rings is 2. The van der Waals surface area contributed by atoms with Crippen molar-refractivity contribution in [3.8, 4) is 0 Å². The lowest BCUT2D eigenvalue weighted by atomic mass is 10.1. The minimum atomic E-state index is -1.08. The summed E-state index contributed by atoms with van der Waals surface area (Å²) in [5.74, 6) is -1.41. The number of likely N-dealkylation sites (tertiary alicyclic amines) is 2. The van der Waals surface area contributed by atoms with E-state index in [1.807, 2.05) is 41.8 Å². The van der Waals surface area contributed by atoms with Crippen molar-refractivity contribution >= 4 is 24.0 Å². The number of urea groups is 2. The number of nitrogens with zero attached hydrogens (tertiary/aromatic N) is 6. The van der Waals surface area contributed by atoms with Crippen molar-refractivity contribution in [3.63, 3.8) is 0 Å². The van der Waals surface area contributed by atoms with Crippen molar-refractivity contribution in [3.05, 3.63) is 12.2 Å². The lowest BCUT2D eigenvalue weighted by Gasteiger charge is -2.48. The summed E-state index contributed by atoms with van der Waals surface area (Å²) in [4.78, 5) is 64.0. The topological polar surface area (TPSA) is 106 Å². The van der Waals surface area contributed by atoms with Crippen LogP contribution in [0, 0.1) is 0 Å². The van der Waals surface area contributed by atoms with Gasteiger partial charge in [0.05, 0.1) is 25.2 Å². The zero-order valence-electron chi connectivity index (χ0n) is 24.9. The van der Waals surface area contributed by atoms with Crippen LogP contribution in [0.3, 0.4) is 0 Å². The van der Waals surface area contributed by atoms with E-state index in [4.69, 9.17) is 9.47 Å². The fourth-order valence-corrected chi connectivity index (χ4v) is 7.09. The molecule has 4 atom stereocenters. The molecule has 4 amide bonds. The highest BCUT2D eigenvalue weighted by Gasteiger charge is 2.57. The Morgan fingerprint density at radius 3 is 1.38 bits per heavy atom. The first-order chi connectivity index (χ1) is 19.0. The molecule has 0 saturated carbocycles. The third kappa shape index (κ3) is 5.52. The summed E-state index contributed by atoms with van der Waals surface area (Å²) in [5, 5.41) is 0. The molecule has 4 heterocycles. The quantitative estimate of drug-likeness (QED) is 0.326. The van der Waals surface area contributed by atoms with Gasteiger partial charge in [0.1, 0.15) is 0 Å². The molecular weight excluding hydrogens is 516 g/mol. The largest absolute Gasteiger partial charge is 0.434 e. The molecule has 224 valence electrons. The molecular formula is C28H46N6O6. The average Bonchev–Trinajstić information content (AvgIpc) is 3.28. The molecule has 12 heteroatoms. The Kier molecular flexibility index (Phi) is 8.99. The summed E-state index contributed by atoms with van der Waals surface area (Å²) in [5.41, 5.74) is -2.17. The van der Waals surface area contributed by atoms with Gasteiger partial charge < -0.3 is 19.3 Å². The first-order valence-electron chi connectivity index (χ1n) is 14.7. The number of fused-ring (bicyclic) bond motifs is 4. The Labute approximate surface area is 237 Å². The third-order valence-corrected chi connectivity index (χ3v) is 8.84. The van der Waals surface area contributed by atoms with Crippen molar-refractivity contribution < 1.29 is 28.7 Å². The van der Waals surface area contributed by atoms with Crippen LogP contribution in [-0.2, 0) is 19.1 Å². The summed E-state index contributed by atoms with van der Waals surface area (Å²) in [6.07, 6.45) is 4.71. The monoisotopic (exact) mass is 562 g/mol. The molecule has 0 aliphatic carbocycles. The molecule has 0 aromatic heterocycles. The van der Waals surface area contributed by atoms with Crippen LogP contribution >= 0.6 is 0 Å². The number of carbonyl (C=O) groups excluding carboxylic acids is 4. The second-order valence-corrected chi connectivity index (χ2v) is 11.5. The average molecular weight is 563 g/mol. The Bertz CT molecular complexity index is 937. The number of carbonyl (C=O) groups is 4. The van der Waals surface area contributed by atoms with Crippen LogP contribution in [0.2, 0.25) is 0 Å². The van der Waals surface area contributed by atoms with Crippen molar-refractivity contribution in [2.75, 3.05) is 66.5 Å². The van der Waals surface area contributed by atoms with Gasteiger partial charge in [0.15, 0.2) is 0 Å². The second-order valence-electron chi connectivity index (χ2n) is 11.5. The van der Waals surface area contributed by atoms with Crippen LogP contribution in [0.15, 0.2) is 12.2 Å². The fourth-order valence-electron chi connectivity index (χ4n) is 7.09. The zero-order chi connectivity index (χ0) is 29.2. The standard InChI is InChI=1S/C28H46N6O6/c1-7-31(8-2)25(37)33-21-13-15-27(33,19-29(5)17-21)39-23(35)11-12-24(36)40-28-16-14-22(18-30(6)20-28)34(28)26(38)32(9-3)10-4/h11-12,21-22H,7-10,13-20H2,1-6H3/b12-11-. The van der Waals surface area contributed by atoms with E-state index in [2.05, 4.69) is 9.80 Å². The van der Waals surface area contributed by atoms with E-state index in [9.17, 15) is 19.2 Å². The van der Waals surface area contributed by atoms with Gasteiger partial charge in [-0.2, -0.15) is 0 Å². The molecule has 40 heavy (non-hydrogen) atoms. The second kappa shape index (κ2) is 11.9. The molecule has 4 rings (SSSR count). The number of rotatable bonds is 8. The van der Waals surface area contributed by atoms with Gasteiger partial charge in [-0.25, -0.2) is 19.2 Å². The minimum absolute atomic E-state index is 0.0411. The first-order valence-corrected chi connectivity index (χ1v) is 14.7. The highest BCUT2D eigenvalue weighted by atomic mass is 16.6. The molecule has 0 radical (unpaired) electrons. The summed E-state index contributed by atoms with van der Waals surface area (Å²) in [6.45, 7) is 12.2. The van der Waals surface area contributed by atoms with Crippen LogP contribution in [0.25, 0.3) is 0 Å². The van der Waals surface area contributed by atoms with Crippen molar-refractivity contribution in [2.24, 2.45) is 0 Å². The van der Waals surface area contributed by atoms with E-state index >= 15 is 0 Å². The van der Waals surface area contributed by atoms with Crippen LogP contribution in [0.5, 0.6) is 0 Å². The maximum Gasteiger partial charge on any atom is 0.333 e. The minimum Gasteiger partial charge on any atom is -0.434 e. The summed E-state index contributed by atoms with van der Waals surface area (Å²) in [7, 11) is 3.90. The lowest BCUT2D eigenvalue weighted by Crippen LogP contribution is -2.66. The molecule has 4 aliphatic rings. The van der Waals surface area contributed by atoms with E-state index in [0.29, 0.717) is 65.2 Å². The molecule has 0 N–H and O–H groups in total. The van der Waals surface area contributed by atoms with E-state index in [0.717, 1.165) is 25.0 Å². The van der Waals surface area contributed by atoms with E-state index in [1.54, 1.807) is 19.6 Å². The maximum absolute atomic E-state index is 13.4. The molecule has 4 fully saturated rings. The maximum atomic E-state index is 13.4. The molecule has 4 aliphatic heterocycles. The molecule has 0 spiro atoms. The molecule has 12 nitrogen and oxygen atoms in total. The fraction of sp³-hybridized carbons (Fsp3) is 0.786. The van der Waals surface area contributed by atoms with Gasteiger partial charge in [-0.1, -0.05) is 0 Å². The molecule has 4 bridgehead atoms. The lowest BCUT2D eigenvalue weighted by molar-refractivity contribution is -0.183. The van der Waals surface area contributed by atoms with Gasteiger partial charge in [0.2, 0.25) is 11.4 Å². The Hall–Kier alpha value is -2.86. The highest BCUT2D eigenvalue weighted by Crippen LogP contribution is 2.42. The van der Waals surface area contributed by atoms with Gasteiger partial charge in [0.25, 0.3) is 0 Å². The predicted molar refractivity (Wildman–Crippen MR) is 148 cm³/mol. The Balaban J connectivity index is 1.47. The molecule has 0 aromatic carbocycles. The highest BCUT2D eigenvalue weighted by molar-refractivity contribution is 5.92. The van der Waals surface area contributed by atoms with Crippen LogP contribution in [0.4, 0.5) is 9.59 Å². The Morgan fingerprint density at radius 2 is 1.05 bits per heavy atom. The van der Waals surface area contributed by atoms with Crippen LogP contribution in [-0.4, -0.2) is 143 Å². The van der Waals surface area contributed by atoms with Gasteiger partial charge >= 0.3 is 24.0 Å².